The lowest BCUT2D eigenvalue weighted by Gasteiger charge is -2.17. The Morgan fingerprint density at radius 3 is 2.40 bits per heavy atom. The van der Waals surface area contributed by atoms with Crippen LogP contribution in [0.4, 0.5) is 0 Å². The second-order valence-corrected chi connectivity index (χ2v) is 3.97. The summed E-state index contributed by atoms with van der Waals surface area (Å²) in [6, 6.07) is 4.06. The molecule has 1 rings (SSSR count). The fourth-order valence-electron chi connectivity index (χ4n) is 1.72. The minimum Gasteiger partial charge on any atom is -0.493 e. The molecule has 15 heavy (non-hydrogen) atoms. The van der Waals surface area contributed by atoms with Gasteiger partial charge in [-0.1, -0.05) is 19.1 Å². The van der Waals surface area contributed by atoms with Crippen molar-refractivity contribution < 1.29 is 9.84 Å². The predicted molar refractivity (Wildman–Crippen MR) is 62.3 cm³/mol. The van der Waals surface area contributed by atoms with E-state index in [9.17, 15) is 5.11 Å². The minimum atomic E-state index is -0.475. The van der Waals surface area contributed by atoms with E-state index in [1.54, 1.807) is 6.92 Å². The maximum atomic E-state index is 9.73. The van der Waals surface area contributed by atoms with Crippen molar-refractivity contribution in [2.45, 2.75) is 40.2 Å². The van der Waals surface area contributed by atoms with Crippen LogP contribution in [0.25, 0.3) is 0 Å². The Hall–Kier alpha value is -1.02. The summed E-state index contributed by atoms with van der Waals surface area (Å²) in [5.74, 6) is 0.854. The summed E-state index contributed by atoms with van der Waals surface area (Å²) < 4.78 is 5.70. The molecule has 2 heteroatoms. The second kappa shape index (κ2) is 5.17. The van der Waals surface area contributed by atoms with Gasteiger partial charge in [-0.15, -0.1) is 0 Å². The summed E-state index contributed by atoms with van der Waals surface area (Å²) >= 11 is 0. The standard InChI is InChI=1S/C13H20O2/c1-5-8-15-13-10(3)7-6-9(2)12(13)11(4)14/h6-7,11,14H,5,8H2,1-4H3. The number of aliphatic hydroxyl groups excluding tert-OH is 1. The minimum absolute atomic E-state index is 0.475. The third kappa shape index (κ3) is 2.72. The first-order chi connectivity index (χ1) is 7.07. The van der Waals surface area contributed by atoms with Gasteiger partial charge in [0.1, 0.15) is 5.75 Å². The van der Waals surface area contributed by atoms with E-state index in [0.29, 0.717) is 6.61 Å². The van der Waals surface area contributed by atoms with E-state index in [1.807, 2.05) is 26.0 Å². The zero-order chi connectivity index (χ0) is 11.4. The molecule has 0 bridgehead atoms. The van der Waals surface area contributed by atoms with Gasteiger partial charge < -0.3 is 9.84 Å². The van der Waals surface area contributed by atoms with Crippen LogP contribution in [-0.2, 0) is 0 Å². The van der Waals surface area contributed by atoms with Crippen LogP contribution >= 0.6 is 0 Å². The number of aryl methyl sites for hydroxylation is 2. The molecule has 84 valence electrons. The molecule has 0 heterocycles. The van der Waals surface area contributed by atoms with E-state index in [4.69, 9.17) is 4.74 Å². The van der Waals surface area contributed by atoms with Crippen molar-refractivity contribution in [2.75, 3.05) is 6.61 Å². The van der Waals surface area contributed by atoms with Crippen molar-refractivity contribution in [2.24, 2.45) is 0 Å². The molecule has 0 saturated heterocycles. The molecule has 0 aliphatic heterocycles. The number of hydrogen-bond donors (Lipinski definition) is 1. The molecule has 1 unspecified atom stereocenters. The van der Waals surface area contributed by atoms with Crippen molar-refractivity contribution in [3.63, 3.8) is 0 Å². The lowest BCUT2D eigenvalue weighted by molar-refractivity contribution is 0.190. The molecule has 0 saturated carbocycles. The first-order valence-corrected chi connectivity index (χ1v) is 5.48. The number of hydrogen-bond acceptors (Lipinski definition) is 2. The largest absolute Gasteiger partial charge is 0.493 e. The maximum Gasteiger partial charge on any atom is 0.128 e. The highest BCUT2D eigenvalue weighted by atomic mass is 16.5. The highest BCUT2D eigenvalue weighted by Gasteiger charge is 2.14. The summed E-state index contributed by atoms with van der Waals surface area (Å²) in [6.45, 7) is 8.56. The molecule has 0 fully saturated rings. The van der Waals surface area contributed by atoms with Crippen LogP contribution in [0.5, 0.6) is 5.75 Å². The van der Waals surface area contributed by atoms with Gasteiger partial charge in [-0.25, -0.2) is 0 Å². The average molecular weight is 208 g/mol. The lowest BCUT2D eigenvalue weighted by atomic mass is 10.00. The molecule has 0 aromatic heterocycles. The van der Waals surface area contributed by atoms with Gasteiger partial charge in [-0.3, -0.25) is 0 Å². The molecule has 1 aromatic rings. The Bertz CT molecular complexity index is 330. The monoisotopic (exact) mass is 208 g/mol. The third-order valence-electron chi connectivity index (χ3n) is 2.48. The van der Waals surface area contributed by atoms with Gasteiger partial charge in [0.25, 0.3) is 0 Å². The van der Waals surface area contributed by atoms with Crippen LogP contribution in [-0.4, -0.2) is 11.7 Å². The average Bonchev–Trinajstić information content (AvgIpc) is 2.18. The van der Waals surface area contributed by atoms with Crippen LogP contribution in [0.1, 0.15) is 43.1 Å². The van der Waals surface area contributed by atoms with Gasteiger partial charge in [-0.2, -0.15) is 0 Å². The van der Waals surface area contributed by atoms with E-state index in [-0.39, 0.29) is 0 Å². The Balaban J connectivity index is 3.13. The van der Waals surface area contributed by atoms with Crippen LogP contribution in [0.15, 0.2) is 12.1 Å². The summed E-state index contributed by atoms with van der Waals surface area (Å²) in [7, 11) is 0. The fourth-order valence-corrected chi connectivity index (χ4v) is 1.72. The number of rotatable bonds is 4. The van der Waals surface area contributed by atoms with Crippen LogP contribution in [0, 0.1) is 13.8 Å². The molecule has 0 aliphatic rings. The third-order valence-corrected chi connectivity index (χ3v) is 2.48. The number of benzene rings is 1. The Morgan fingerprint density at radius 1 is 1.27 bits per heavy atom. The SMILES string of the molecule is CCCOc1c(C)ccc(C)c1C(C)O. The molecule has 1 N–H and O–H groups in total. The van der Waals surface area contributed by atoms with Crippen LogP contribution in [0.2, 0.25) is 0 Å². The Morgan fingerprint density at radius 2 is 1.87 bits per heavy atom. The molecule has 1 atom stereocenters. The summed E-state index contributed by atoms with van der Waals surface area (Å²) in [4.78, 5) is 0. The van der Waals surface area contributed by atoms with E-state index < -0.39 is 6.10 Å². The van der Waals surface area contributed by atoms with E-state index in [0.717, 1.165) is 28.9 Å². The van der Waals surface area contributed by atoms with E-state index in [2.05, 4.69) is 6.92 Å². The molecular weight excluding hydrogens is 188 g/mol. The van der Waals surface area contributed by atoms with Crippen LogP contribution in [0.3, 0.4) is 0 Å². The zero-order valence-electron chi connectivity index (χ0n) is 10.0. The molecule has 0 amide bonds. The maximum absolute atomic E-state index is 9.73. The van der Waals surface area contributed by atoms with Gasteiger partial charge >= 0.3 is 0 Å². The van der Waals surface area contributed by atoms with Crippen molar-refractivity contribution in [3.8, 4) is 5.75 Å². The van der Waals surface area contributed by atoms with Crippen molar-refractivity contribution in [1.29, 1.82) is 0 Å². The van der Waals surface area contributed by atoms with Crippen molar-refractivity contribution in [1.82, 2.24) is 0 Å². The molecule has 2 nitrogen and oxygen atoms in total. The number of aliphatic hydroxyl groups is 1. The van der Waals surface area contributed by atoms with Gasteiger partial charge in [0.2, 0.25) is 0 Å². The fraction of sp³-hybridized carbons (Fsp3) is 0.538. The first kappa shape index (κ1) is 12.1. The van der Waals surface area contributed by atoms with Crippen LogP contribution < -0.4 is 4.74 Å². The quantitative estimate of drug-likeness (QED) is 0.823. The van der Waals surface area contributed by atoms with Crippen molar-refractivity contribution in [3.05, 3.63) is 28.8 Å². The van der Waals surface area contributed by atoms with Gasteiger partial charge in [-0.05, 0) is 38.3 Å². The first-order valence-electron chi connectivity index (χ1n) is 5.48. The number of ether oxygens (including phenoxy) is 1. The summed E-state index contributed by atoms with van der Waals surface area (Å²) in [6.07, 6.45) is 0.504. The molecule has 1 aromatic carbocycles. The topological polar surface area (TPSA) is 29.5 Å². The predicted octanol–water partition coefficient (Wildman–Crippen LogP) is 3.15. The van der Waals surface area contributed by atoms with E-state index >= 15 is 0 Å². The van der Waals surface area contributed by atoms with Gasteiger partial charge in [0.15, 0.2) is 0 Å². The summed E-state index contributed by atoms with van der Waals surface area (Å²) in [5.41, 5.74) is 3.09. The molecule has 0 aliphatic carbocycles. The van der Waals surface area contributed by atoms with Gasteiger partial charge in [0, 0.05) is 5.56 Å². The summed E-state index contributed by atoms with van der Waals surface area (Å²) in [5, 5.41) is 9.73. The normalized spacial score (nSPS) is 12.6. The molecule has 0 spiro atoms. The van der Waals surface area contributed by atoms with E-state index in [1.165, 1.54) is 0 Å². The highest BCUT2D eigenvalue weighted by molar-refractivity contribution is 5.46. The Kier molecular flexibility index (Phi) is 4.15. The van der Waals surface area contributed by atoms with Crippen molar-refractivity contribution >= 4 is 0 Å². The smallest absolute Gasteiger partial charge is 0.128 e. The molecular formula is C13H20O2. The highest BCUT2D eigenvalue weighted by Crippen LogP contribution is 2.31. The second-order valence-electron chi connectivity index (χ2n) is 3.97. The molecule has 0 radical (unpaired) electrons. The Labute approximate surface area is 91.9 Å². The zero-order valence-corrected chi connectivity index (χ0v) is 10.0. The lowest BCUT2D eigenvalue weighted by Crippen LogP contribution is -2.05. The van der Waals surface area contributed by atoms with Gasteiger partial charge in [0.05, 0.1) is 12.7 Å².